The number of allylic oxidation sites excluding steroid dienone is 3. The summed E-state index contributed by atoms with van der Waals surface area (Å²) in [4.78, 5) is 10.3. The van der Waals surface area contributed by atoms with Crippen molar-refractivity contribution in [1.82, 2.24) is 10.6 Å². The van der Waals surface area contributed by atoms with Crippen LogP contribution in [0.1, 0.15) is 101 Å². The highest BCUT2D eigenvalue weighted by Gasteiger charge is 2.55. The predicted molar refractivity (Wildman–Crippen MR) is 237 cm³/mol. The van der Waals surface area contributed by atoms with Crippen molar-refractivity contribution in [3.63, 3.8) is 0 Å². The molecule has 1 spiro atoms. The molecular weight excluding hydrogens is 705 g/mol. The van der Waals surface area contributed by atoms with Gasteiger partial charge in [0.15, 0.2) is 5.84 Å². The Labute approximate surface area is 341 Å². The Bertz CT molecular complexity index is 2790. The summed E-state index contributed by atoms with van der Waals surface area (Å²) >= 11 is 0. The van der Waals surface area contributed by atoms with Gasteiger partial charge in [-0.25, -0.2) is 9.98 Å². The average Bonchev–Trinajstić information content (AvgIpc) is 3.92. The normalized spacial score (nSPS) is 23.4. The molecule has 5 aliphatic rings. The molecule has 0 saturated carbocycles. The van der Waals surface area contributed by atoms with Crippen LogP contribution < -0.4 is 10.6 Å². The summed E-state index contributed by atoms with van der Waals surface area (Å²) in [5, 5.41) is 7.37. The van der Waals surface area contributed by atoms with Gasteiger partial charge in [0.1, 0.15) is 12.0 Å². The summed E-state index contributed by atoms with van der Waals surface area (Å²) in [5.74, 6) is 1.89. The molecule has 11 rings (SSSR count). The summed E-state index contributed by atoms with van der Waals surface area (Å²) in [6.45, 7) is 8.14. The number of amidine groups is 2. The fourth-order valence-electron chi connectivity index (χ4n) is 10.4. The first-order chi connectivity index (χ1) is 28.4. The lowest BCUT2D eigenvalue weighted by Crippen LogP contribution is -2.41. The Morgan fingerprint density at radius 2 is 1.36 bits per heavy atom. The number of hydrogen-bond acceptors (Lipinski definition) is 4. The average molecular weight is 751 g/mol. The van der Waals surface area contributed by atoms with Gasteiger partial charge in [-0.1, -0.05) is 160 Å². The molecule has 0 amide bonds. The van der Waals surface area contributed by atoms with Crippen LogP contribution in [0.4, 0.5) is 0 Å². The van der Waals surface area contributed by atoms with Crippen LogP contribution in [-0.2, 0) is 10.8 Å². The number of rotatable bonds is 5. The summed E-state index contributed by atoms with van der Waals surface area (Å²) in [6.07, 6.45) is 6.79. The number of fused-ring (bicyclic) bond motifs is 9. The highest BCUT2D eigenvalue weighted by molar-refractivity contribution is 6.13. The van der Waals surface area contributed by atoms with Crippen LogP contribution in [0.3, 0.4) is 0 Å². The molecule has 2 heterocycles. The van der Waals surface area contributed by atoms with Gasteiger partial charge in [-0.05, 0) is 98.8 Å². The van der Waals surface area contributed by atoms with E-state index < -0.39 is 5.41 Å². The quantitative estimate of drug-likeness (QED) is 0.172. The van der Waals surface area contributed by atoms with Gasteiger partial charge in [-0.2, -0.15) is 0 Å². The largest absolute Gasteiger partial charge is 0.344 e. The van der Waals surface area contributed by atoms with Gasteiger partial charge >= 0.3 is 0 Å². The third kappa shape index (κ3) is 5.33. The van der Waals surface area contributed by atoms with E-state index in [-0.39, 0.29) is 11.6 Å². The van der Waals surface area contributed by atoms with Crippen molar-refractivity contribution in [2.75, 3.05) is 6.54 Å². The van der Waals surface area contributed by atoms with Crippen molar-refractivity contribution in [3.8, 4) is 11.1 Å². The van der Waals surface area contributed by atoms with E-state index in [1.165, 1.54) is 67.6 Å². The van der Waals surface area contributed by atoms with Gasteiger partial charge < -0.3 is 10.6 Å². The number of aliphatic imine (C=N–C) groups is 2. The smallest absolute Gasteiger partial charge is 0.159 e. The second kappa shape index (κ2) is 13.4. The summed E-state index contributed by atoms with van der Waals surface area (Å²) in [6, 6.07) is 53.9. The predicted octanol–water partition coefficient (Wildman–Crippen LogP) is 11.4. The van der Waals surface area contributed by atoms with E-state index in [9.17, 15) is 0 Å². The van der Waals surface area contributed by atoms with E-state index in [0.29, 0.717) is 12.0 Å². The van der Waals surface area contributed by atoms with Crippen molar-refractivity contribution in [3.05, 3.63) is 225 Å². The molecule has 4 atom stereocenters. The third-order valence-electron chi connectivity index (χ3n) is 13.3. The molecule has 1 fully saturated rings. The molecule has 6 aromatic rings. The maximum absolute atomic E-state index is 5.19. The second-order valence-electron chi connectivity index (χ2n) is 17.1. The molecular formula is C54H46N4. The van der Waals surface area contributed by atoms with Gasteiger partial charge in [0, 0.05) is 34.1 Å². The molecule has 0 bridgehead atoms. The molecule has 0 radical (unpaired) electrons. The van der Waals surface area contributed by atoms with Crippen LogP contribution in [0.25, 0.3) is 16.7 Å². The van der Waals surface area contributed by atoms with Crippen molar-refractivity contribution in [1.29, 1.82) is 0 Å². The Balaban J connectivity index is 0.988. The van der Waals surface area contributed by atoms with Crippen LogP contribution in [0, 0.1) is 5.92 Å². The number of nitrogens with zero attached hydrogens (tertiary/aromatic N) is 2. The van der Waals surface area contributed by atoms with E-state index in [4.69, 9.17) is 9.98 Å². The maximum Gasteiger partial charge on any atom is 0.159 e. The van der Waals surface area contributed by atoms with Crippen molar-refractivity contribution in [2.45, 2.75) is 56.7 Å². The van der Waals surface area contributed by atoms with Crippen LogP contribution in [0.5, 0.6) is 0 Å². The Morgan fingerprint density at radius 3 is 2.17 bits per heavy atom. The van der Waals surface area contributed by atoms with E-state index in [2.05, 4.69) is 189 Å². The lowest BCUT2D eigenvalue weighted by molar-refractivity contribution is 0.562. The molecule has 58 heavy (non-hydrogen) atoms. The molecule has 1 saturated heterocycles. The van der Waals surface area contributed by atoms with E-state index in [1.54, 1.807) is 0 Å². The van der Waals surface area contributed by atoms with Gasteiger partial charge in [-0.15, -0.1) is 5.73 Å². The van der Waals surface area contributed by atoms with Gasteiger partial charge in [0.05, 0.1) is 5.41 Å². The minimum Gasteiger partial charge on any atom is -0.344 e. The molecule has 3 aliphatic carbocycles. The van der Waals surface area contributed by atoms with Gasteiger partial charge in [-0.3, -0.25) is 0 Å². The highest BCUT2D eigenvalue weighted by Crippen LogP contribution is 2.63. The Morgan fingerprint density at radius 1 is 0.638 bits per heavy atom. The molecule has 2 aliphatic heterocycles. The van der Waals surface area contributed by atoms with E-state index >= 15 is 0 Å². The minimum atomic E-state index is -0.404. The molecule has 2 N–H and O–H groups in total. The third-order valence-corrected chi connectivity index (χ3v) is 13.3. The highest BCUT2D eigenvalue weighted by atomic mass is 15.2. The SMILES string of the molecule is CC1C=C=C2C(=C1)C1(c3ccccc32)c2ccccc2C(C)(C)c2cc(-c3ccc(C4N=C(c5ccccc5)N=C(c5cccc(C6CCCN6)c5)N4)cc3)ccc21. The monoisotopic (exact) mass is 750 g/mol. The molecule has 4 unspecified atom stereocenters. The maximum atomic E-state index is 5.19. The Kier molecular flexibility index (Phi) is 8.05. The van der Waals surface area contributed by atoms with Crippen molar-refractivity contribution in [2.24, 2.45) is 15.9 Å². The van der Waals surface area contributed by atoms with E-state index in [0.717, 1.165) is 41.3 Å². The lowest BCUT2D eigenvalue weighted by Gasteiger charge is -2.47. The molecule has 0 aromatic heterocycles. The summed E-state index contributed by atoms with van der Waals surface area (Å²) in [5.41, 5.74) is 20.8. The minimum absolute atomic E-state index is 0.208. The number of benzene rings is 6. The first kappa shape index (κ1) is 34.9. The van der Waals surface area contributed by atoms with Gasteiger partial charge in [0.25, 0.3) is 0 Å². The van der Waals surface area contributed by atoms with Crippen LogP contribution in [-0.4, -0.2) is 18.2 Å². The first-order valence-electron chi connectivity index (χ1n) is 20.9. The summed E-state index contributed by atoms with van der Waals surface area (Å²) < 4.78 is 0. The van der Waals surface area contributed by atoms with Crippen molar-refractivity contribution < 1.29 is 0 Å². The molecule has 4 nitrogen and oxygen atoms in total. The van der Waals surface area contributed by atoms with Crippen LogP contribution >= 0.6 is 0 Å². The van der Waals surface area contributed by atoms with E-state index in [1.807, 2.05) is 6.07 Å². The number of hydrogen-bond donors (Lipinski definition) is 2. The molecule has 6 aromatic carbocycles. The number of nitrogens with one attached hydrogen (secondary N) is 2. The fraction of sp³-hybridized carbons (Fsp3) is 0.204. The fourth-order valence-corrected chi connectivity index (χ4v) is 10.4. The van der Waals surface area contributed by atoms with Crippen LogP contribution in [0.2, 0.25) is 0 Å². The molecule has 282 valence electrons. The van der Waals surface area contributed by atoms with Crippen molar-refractivity contribution >= 4 is 17.2 Å². The topological polar surface area (TPSA) is 48.8 Å². The van der Waals surface area contributed by atoms with Crippen LogP contribution in [0.15, 0.2) is 179 Å². The van der Waals surface area contributed by atoms with Gasteiger partial charge in [0.2, 0.25) is 0 Å². The second-order valence-corrected chi connectivity index (χ2v) is 17.1. The zero-order chi connectivity index (χ0) is 39.0. The zero-order valence-electron chi connectivity index (χ0n) is 33.3. The standard InChI is InChI=1S/C54H46N4/c1-34-22-28-42-41-17-7-8-18-43(41)54(47(42)31-34)45-20-10-9-19-44(45)53(2,3)48-33-38(27-29-46(48)54)35-23-25-37(26-24-35)51-56-50(36-13-5-4-6-14-36)57-52(58-51)40-16-11-15-39(32-40)49-21-12-30-55-49/h4-11,13-20,22-27,29,31-34,49,51,55H,12,21,30H2,1-3H3,(H,56,57,58). The Hall–Kier alpha value is -6.32. The summed E-state index contributed by atoms with van der Waals surface area (Å²) in [7, 11) is 0. The first-order valence-corrected chi connectivity index (χ1v) is 20.9. The molecule has 4 heteroatoms. The zero-order valence-corrected chi connectivity index (χ0v) is 33.3. The lowest BCUT2D eigenvalue weighted by atomic mass is 9.55.